The predicted molar refractivity (Wildman–Crippen MR) is 106 cm³/mol. The van der Waals surface area contributed by atoms with E-state index in [4.69, 9.17) is 9.47 Å². The smallest absolute Gasteiger partial charge is 0.493 e. The first kappa shape index (κ1) is 21.5. The Labute approximate surface area is 180 Å². The number of ether oxygens (including phenoxy) is 3. The Balaban J connectivity index is 1.34. The molecule has 164 valence electrons. The lowest BCUT2D eigenvalue weighted by molar-refractivity contribution is -0.274. The van der Waals surface area contributed by atoms with Crippen LogP contribution in [0.1, 0.15) is 17.0 Å². The second-order valence-corrected chi connectivity index (χ2v) is 8.31. The summed E-state index contributed by atoms with van der Waals surface area (Å²) < 4.78 is 52.1. The molecule has 2 aromatic rings. The molecule has 3 atom stereocenters. The van der Waals surface area contributed by atoms with Gasteiger partial charge >= 0.3 is 6.36 Å². The van der Waals surface area contributed by atoms with Crippen LogP contribution in [0.25, 0.3) is 0 Å². The summed E-state index contributed by atoms with van der Waals surface area (Å²) in [6, 6.07) is 12.9. The molecule has 2 aromatic carbocycles. The van der Waals surface area contributed by atoms with Crippen LogP contribution in [0.4, 0.5) is 18.0 Å². The predicted octanol–water partition coefficient (Wildman–Crippen LogP) is 4.04. The van der Waals surface area contributed by atoms with Crippen LogP contribution in [0.5, 0.6) is 11.5 Å². The van der Waals surface area contributed by atoms with Gasteiger partial charge in [-0.1, -0.05) is 36.0 Å². The summed E-state index contributed by atoms with van der Waals surface area (Å²) in [4.78, 5) is 22.9. The minimum atomic E-state index is -4.73. The highest BCUT2D eigenvalue weighted by Crippen LogP contribution is 2.33. The van der Waals surface area contributed by atoms with E-state index in [2.05, 4.69) is 10.1 Å². The van der Waals surface area contributed by atoms with Gasteiger partial charge in [-0.3, -0.25) is 14.9 Å². The molecule has 4 rings (SSSR count). The summed E-state index contributed by atoms with van der Waals surface area (Å²) in [5.41, 5.74) is 1.69. The fraction of sp³-hybridized carbons (Fsp3) is 0.333. The van der Waals surface area contributed by atoms with Crippen molar-refractivity contribution in [3.8, 4) is 11.5 Å². The summed E-state index contributed by atoms with van der Waals surface area (Å²) in [5.74, 6) is -0.0801. The van der Waals surface area contributed by atoms with Gasteiger partial charge in [-0.05, 0) is 41.8 Å². The maximum Gasteiger partial charge on any atom is 0.573 e. The minimum absolute atomic E-state index is 0.0518. The number of benzene rings is 2. The number of alkyl halides is 3. The second kappa shape index (κ2) is 8.80. The SMILES string of the molecule is O=C1NC(=O)C(Cc2ccc(OCC(c3ccc(OC(F)(F)F)cc3)C3CO3)cc2)S1. The lowest BCUT2D eigenvalue weighted by Gasteiger charge is -2.17. The Morgan fingerprint density at radius 1 is 1.06 bits per heavy atom. The normalized spacial score (nSPS) is 21.5. The fourth-order valence-electron chi connectivity index (χ4n) is 3.27. The number of rotatable bonds is 8. The molecule has 10 heteroatoms. The van der Waals surface area contributed by atoms with Crippen LogP contribution in [-0.2, 0) is 16.0 Å². The molecule has 2 saturated heterocycles. The van der Waals surface area contributed by atoms with Crippen molar-refractivity contribution in [1.82, 2.24) is 5.32 Å². The summed E-state index contributed by atoms with van der Waals surface area (Å²) in [5, 5.41) is 1.50. The first-order valence-electron chi connectivity index (χ1n) is 9.47. The second-order valence-electron chi connectivity index (χ2n) is 7.14. The number of carbonyl (C=O) groups is 2. The van der Waals surface area contributed by atoms with E-state index in [0.29, 0.717) is 25.4 Å². The summed E-state index contributed by atoms with van der Waals surface area (Å²) in [7, 11) is 0. The van der Waals surface area contributed by atoms with E-state index in [0.717, 1.165) is 22.9 Å². The van der Waals surface area contributed by atoms with Gasteiger partial charge < -0.3 is 14.2 Å². The Morgan fingerprint density at radius 2 is 1.71 bits per heavy atom. The number of carbonyl (C=O) groups excluding carboxylic acids is 2. The average Bonchev–Trinajstić information content (AvgIpc) is 3.49. The molecule has 0 saturated carbocycles. The van der Waals surface area contributed by atoms with E-state index < -0.39 is 11.6 Å². The highest BCUT2D eigenvalue weighted by molar-refractivity contribution is 8.15. The van der Waals surface area contributed by atoms with Crippen molar-refractivity contribution in [3.05, 3.63) is 59.7 Å². The van der Waals surface area contributed by atoms with Gasteiger partial charge in [-0.25, -0.2) is 0 Å². The topological polar surface area (TPSA) is 77.2 Å². The third-order valence-electron chi connectivity index (χ3n) is 4.89. The lowest BCUT2D eigenvalue weighted by atomic mass is 9.97. The molecule has 0 aliphatic carbocycles. The van der Waals surface area contributed by atoms with E-state index in [-0.39, 0.29) is 28.9 Å². The summed E-state index contributed by atoms with van der Waals surface area (Å²) in [6.45, 7) is 0.854. The van der Waals surface area contributed by atoms with Crippen LogP contribution in [-0.4, -0.2) is 42.1 Å². The number of hydrogen-bond donors (Lipinski definition) is 1. The van der Waals surface area contributed by atoms with Gasteiger partial charge in [0.05, 0.1) is 24.6 Å². The minimum Gasteiger partial charge on any atom is -0.493 e. The first-order valence-corrected chi connectivity index (χ1v) is 10.4. The average molecular weight is 453 g/mol. The molecule has 0 radical (unpaired) electrons. The molecule has 1 N–H and O–H groups in total. The largest absolute Gasteiger partial charge is 0.573 e. The van der Waals surface area contributed by atoms with Crippen LogP contribution in [0.2, 0.25) is 0 Å². The monoisotopic (exact) mass is 453 g/mol. The number of nitrogens with one attached hydrogen (secondary N) is 1. The van der Waals surface area contributed by atoms with Crippen molar-refractivity contribution in [2.24, 2.45) is 0 Å². The Morgan fingerprint density at radius 3 is 2.26 bits per heavy atom. The van der Waals surface area contributed by atoms with Crippen molar-refractivity contribution in [2.45, 2.75) is 30.1 Å². The van der Waals surface area contributed by atoms with Crippen molar-refractivity contribution in [2.75, 3.05) is 13.2 Å². The zero-order valence-electron chi connectivity index (χ0n) is 16.1. The van der Waals surface area contributed by atoms with E-state index in [1.54, 1.807) is 24.3 Å². The molecule has 3 unspecified atom stereocenters. The number of hydrogen-bond acceptors (Lipinski definition) is 6. The molecule has 2 amide bonds. The molecule has 0 spiro atoms. The standard InChI is InChI=1S/C21H18F3NO5S/c22-21(23,24)30-15-7-3-13(4-8-15)16(17-11-29-17)10-28-14-5-1-12(2-6-14)9-18-19(26)25-20(27)31-18/h1-8,16-18H,9-11H2,(H,25,26,27). The molecule has 0 aromatic heterocycles. The maximum atomic E-state index is 12.3. The van der Waals surface area contributed by atoms with Gasteiger partial charge in [0.15, 0.2) is 0 Å². The van der Waals surface area contributed by atoms with Crippen molar-refractivity contribution in [1.29, 1.82) is 0 Å². The van der Waals surface area contributed by atoms with Crippen LogP contribution in [0, 0.1) is 0 Å². The third kappa shape index (κ3) is 5.92. The molecular formula is C21H18F3NO5S. The van der Waals surface area contributed by atoms with E-state index in [1.807, 2.05) is 12.1 Å². The van der Waals surface area contributed by atoms with Crippen LogP contribution in [0.3, 0.4) is 0 Å². The number of imide groups is 1. The van der Waals surface area contributed by atoms with Crippen molar-refractivity contribution in [3.63, 3.8) is 0 Å². The molecular weight excluding hydrogens is 435 g/mol. The Hall–Kier alpha value is -2.72. The van der Waals surface area contributed by atoms with Crippen LogP contribution >= 0.6 is 11.8 Å². The summed E-state index contributed by atoms with van der Waals surface area (Å²) >= 11 is 0.982. The lowest BCUT2D eigenvalue weighted by Crippen LogP contribution is -2.25. The van der Waals surface area contributed by atoms with E-state index >= 15 is 0 Å². The molecule has 2 heterocycles. The zero-order valence-corrected chi connectivity index (χ0v) is 16.9. The quantitative estimate of drug-likeness (QED) is 0.608. The van der Waals surface area contributed by atoms with Crippen LogP contribution in [0.15, 0.2) is 48.5 Å². The van der Waals surface area contributed by atoms with E-state index in [1.165, 1.54) is 12.1 Å². The molecule has 2 aliphatic rings. The zero-order chi connectivity index (χ0) is 22.0. The van der Waals surface area contributed by atoms with Crippen LogP contribution < -0.4 is 14.8 Å². The third-order valence-corrected chi connectivity index (χ3v) is 5.87. The number of amides is 2. The molecule has 2 fully saturated rings. The first-order chi connectivity index (χ1) is 14.8. The highest BCUT2D eigenvalue weighted by Gasteiger charge is 2.35. The highest BCUT2D eigenvalue weighted by atomic mass is 32.2. The molecule has 31 heavy (non-hydrogen) atoms. The molecule has 2 aliphatic heterocycles. The van der Waals surface area contributed by atoms with Gasteiger partial charge in [-0.15, -0.1) is 13.2 Å². The van der Waals surface area contributed by atoms with Gasteiger partial charge in [0.1, 0.15) is 11.5 Å². The summed E-state index contributed by atoms with van der Waals surface area (Å²) in [6.07, 6.45) is -4.34. The Bertz CT molecular complexity index is 945. The van der Waals surface area contributed by atoms with Gasteiger partial charge in [0.2, 0.25) is 5.91 Å². The Kier molecular flexibility index (Phi) is 6.10. The van der Waals surface area contributed by atoms with Gasteiger partial charge in [-0.2, -0.15) is 0 Å². The van der Waals surface area contributed by atoms with Gasteiger partial charge in [0.25, 0.3) is 5.24 Å². The molecule has 6 nitrogen and oxygen atoms in total. The van der Waals surface area contributed by atoms with E-state index in [9.17, 15) is 22.8 Å². The number of thioether (sulfide) groups is 1. The maximum absolute atomic E-state index is 12.3. The fourth-order valence-corrected chi connectivity index (χ4v) is 4.13. The van der Waals surface area contributed by atoms with Crippen molar-refractivity contribution < 1.29 is 37.0 Å². The number of halogens is 3. The molecule has 0 bridgehead atoms. The van der Waals surface area contributed by atoms with Gasteiger partial charge in [0, 0.05) is 5.92 Å². The number of epoxide rings is 1. The van der Waals surface area contributed by atoms with Crippen molar-refractivity contribution >= 4 is 22.9 Å².